The third kappa shape index (κ3) is 5.11. The van der Waals surface area contributed by atoms with E-state index in [4.69, 9.17) is 8.92 Å². The monoisotopic (exact) mass is 402 g/mol. The quantitative estimate of drug-likeness (QED) is 0.557. The number of hydrogen-bond donors (Lipinski definition) is 1. The zero-order chi connectivity index (χ0) is 19.9. The summed E-state index contributed by atoms with van der Waals surface area (Å²) < 4.78 is 32.4. The average molecular weight is 402 g/mol. The van der Waals surface area contributed by atoms with Crippen LogP contribution in [-0.4, -0.2) is 35.0 Å². The van der Waals surface area contributed by atoms with Gasteiger partial charge in [0.15, 0.2) is 6.61 Å². The van der Waals surface area contributed by atoms with Crippen molar-refractivity contribution >= 4 is 28.1 Å². The van der Waals surface area contributed by atoms with Crippen LogP contribution in [0.1, 0.15) is 5.56 Å². The van der Waals surface area contributed by atoms with E-state index in [1.807, 2.05) is 48.0 Å². The molecule has 0 aliphatic carbocycles. The van der Waals surface area contributed by atoms with Crippen molar-refractivity contribution < 1.29 is 22.7 Å². The van der Waals surface area contributed by atoms with Crippen molar-refractivity contribution in [2.75, 3.05) is 20.3 Å². The fourth-order valence-corrected chi connectivity index (χ4v) is 3.27. The molecular formula is C20H22N2O5S. The molecule has 0 bridgehead atoms. The summed E-state index contributed by atoms with van der Waals surface area (Å²) in [5, 5.41) is 0.892. The molecule has 1 atom stereocenters. The van der Waals surface area contributed by atoms with Gasteiger partial charge in [-0.3, -0.25) is 0 Å². The second-order valence-electron chi connectivity index (χ2n) is 6.09. The third-order valence-corrected chi connectivity index (χ3v) is 4.90. The van der Waals surface area contributed by atoms with Crippen molar-refractivity contribution in [3.63, 3.8) is 0 Å². The number of carbonyl (C=O) groups is 1. The van der Waals surface area contributed by atoms with E-state index in [9.17, 15) is 9.00 Å². The lowest BCUT2D eigenvalue weighted by atomic mass is 10.2. The van der Waals surface area contributed by atoms with Crippen molar-refractivity contribution in [1.82, 2.24) is 9.29 Å². The number of carbonyl (C=O) groups excluding carboxylic acids is 1. The molecular weight excluding hydrogens is 380 g/mol. The van der Waals surface area contributed by atoms with Gasteiger partial charge in [-0.2, -0.15) is 4.21 Å². The molecule has 3 aromatic rings. The lowest BCUT2D eigenvalue weighted by Gasteiger charge is -2.09. The van der Waals surface area contributed by atoms with E-state index in [2.05, 4.69) is 9.46 Å². The maximum absolute atomic E-state index is 12.0. The van der Waals surface area contributed by atoms with Crippen molar-refractivity contribution in [3.05, 3.63) is 60.3 Å². The van der Waals surface area contributed by atoms with Gasteiger partial charge in [-0.05, 0) is 37.3 Å². The lowest BCUT2D eigenvalue weighted by Crippen LogP contribution is -2.25. The minimum absolute atomic E-state index is 0.141. The van der Waals surface area contributed by atoms with E-state index in [1.54, 1.807) is 18.2 Å². The smallest absolute Gasteiger partial charge is 0.343 e. The van der Waals surface area contributed by atoms with E-state index in [-0.39, 0.29) is 6.61 Å². The molecule has 3 rings (SSSR count). The Morgan fingerprint density at radius 2 is 1.93 bits per heavy atom. The van der Waals surface area contributed by atoms with Gasteiger partial charge in [-0.1, -0.05) is 23.8 Å². The number of hydrogen-bond acceptors (Lipinski definition) is 5. The van der Waals surface area contributed by atoms with Gasteiger partial charge in [0.05, 0.1) is 12.6 Å². The number of aryl methyl sites for hydroxylation is 1. The molecule has 8 heteroatoms. The highest BCUT2D eigenvalue weighted by Gasteiger charge is 2.09. The van der Waals surface area contributed by atoms with E-state index in [1.165, 1.54) is 7.11 Å². The number of aromatic nitrogens is 1. The summed E-state index contributed by atoms with van der Waals surface area (Å²) in [6.45, 7) is 2.88. The topological polar surface area (TPSA) is 78.8 Å². The summed E-state index contributed by atoms with van der Waals surface area (Å²) in [6, 6.07) is 14.9. The zero-order valence-electron chi connectivity index (χ0n) is 15.7. The predicted molar refractivity (Wildman–Crippen MR) is 107 cm³/mol. The Bertz CT molecular complexity index is 968. The summed E-state index contributed by atoms with van der Waals surface area (Å²) in [6.07, 6.45) is 1.92. The van der Waals surface area contributed by atoms with Crippen molar-refractivity contribution in [2.24, 2.45) is 0 Å². The summed E-state index contributed by atoms with van der Waals surface area (Å²) in [4.78, 5) is 11.3. The van der Waals surface area contributed by atoms with Gasteiger partial charge in [0.2, 0.25) is 0 Å². The first-order chi connectivity index (χ1) is 13.6. The Labute approximate surface area is 166 Å². The van der Waals surface area contributed by atoms with Gasteiger partial charge >= 0.3 is 5.97 Å². The number of rotatable bonds is 9. The molecule has 1 aromatic heterocycles. The van der Waals surface area contributed by atoms with Crippen LogP contribution in [0.15, 0.2) is 54.7 Å². The first-order valence-corrected chi connectivity index (χ1v) is 9.82. The first-order valence-electron chi connectivity index (χ1n) is 8.74. The molecule has 1 unspecified atom stereocenters. The SMILES string of the molecule is COC(=O)COc1cccc2c1ccn2CCNS(=O)Oc1ccc(C)cc1. The highest BCUT2D eigenvalue weighted by molar-refractivity contribution is 7.78. The standard InChI is InChI=1S/C20H22N2O5S/c1-15-6-8-16(9-7-15)27-28(24)21-11-13-22-12-10-17-18(22)4-3-5-19(17)26-14-20(23)25-2/h3-10,12,21H,11,13-14H2,1-2H3. The molecule has 148 valence electrons. The highest BCUT2D eigenvalue weighted by Crippen LogP contribution is 2.26. The molecule has 0 spiro atoms. The number of ether oxygens (including phenoxy) is 2. The molecule has 28 heavy (non-hydrogen) atoms. The van der Waals surface area contributed by atoms with Crippen LogP contribution in [0, 0.1) is 6.92 Å². The van der Waals surface area contributed by atoms with Crippen LogP contribution >= 0.6 is 0 Å². The van der Waals surface area contributed by atoms with Crippen molar-refractivity contribution in [1.29, 1.82) is 0 Å². The number of fused-ring (bicyclic) bond motifs is 1. The number of esters is 1. The fraction of sp³-hybridized carbons (Fsp3) is 0.250. The Morgan fingerprint density at radius 1 is 1.14 bits per heavy atom. The lowest BCUT2D eigenvalue weighted by molar-refractivity contribution is -0.142. The minimum Gasteiger partial charge on any atom is -0.481 e. The average Bonchev–Trinajstić information content (AvgIpc) is 3.11. The number of nitrogens with zero attached hydrogens (tertiary/aromatic N) is 1. The number of nitrogens with one attached hydrogen (secondary N) is 1. The maximum atomic E-state index is 12.0. The summed E-state index contributed by atoms with van der Waals surface area (Å²) in [7, 11) is 1.32. The summed E-state index contributed by atoms with van der Waals surface area (Å²) >= 11 is -1.63. The molecule has 0 radical (unpaired) electrons. The van der Waals surface area contributed by atoms with Gasteiger partial charge in [0, 0.05) is 24.7 Å². The second-order valence-corrected chi connectivity index (χ2v) is 7.01. The minimum atomic E-state index is -1.63. The molecule has 0 saturated carbocycles. The molecule has 0 saturated heterocycles. The van der Waals surface area contributed by atoms with E-state index in [0.717, 1.165) is 16.5 Å². The maximum Gasteiger partial charge on any atom is 0.343 e. The van der Waals surface area contributed by atoms with Crippen LogP contribution in [0.2, 0.25) is 0 Å². The van der Waals surface area contributed by atoms with Crippen LogP contribution in [-0.2, 0) is 27.3 Å². The van der Waals surface area contributed by atoms with Gasteiger partial charge < -0.3 is 18.2 Å². The molecule has 0 amide bonds. The van der Waals surface area contributed by atoms with Gasteiger partial charge in [0.25, 0.3) is 11.3 Å². The zero-order valence-corrected chi connectivity index (χ0v) is 16.5. The molecule has 0 fully saturated rings. The van der Waals surface area contributed by atoms with Gasteiger partial charge in [-0.25, -0.2) is 9.52 Å². The van der Waals surface area contributed by atoms with E-state index < -0.39 is 17.2 Å². The second kappa shape index (κ2) is 9.38. The Morgan fingerprint density at radius 3 is 2.68 bits per heavy atom. The van der Waals surface area contributed by atoms with Crippen LogP contribution < -0.4 is 13.6 Å². The molecule has 0 aliphatic rings. The Kier molecular flexibility index (Phi) is 6.67. The summed E-state index contributed by atoms with van der Waals surface area (Å²) in [5.41, 5.74) is 2.06. The van der Waals surface area contributed by atoms with Crippen LogP contribution in [0.4, 0.5) is 0 Å². The number of benzene rings is 2. The fourth-order valence-electron chi connectivity index (χ4n) is 2.67. The van der Waals surface area contributed by atoms with Gasteiger partial charge in [-0.15, -0.1) is 0 Å². The molecule has 0 aliphatic heterocycles. The number of methoxy groups -OCH3 is 1. The third-order valence-electron chi connectivity index (χ3n) is 4.11. The van der Waals surface area contributed by atoms with Gasteiger partial charge in [0.1, 0.15) is 11.5 Å². The molecule has 7 nitrogen and oxygen atoms in total. The van der Waals surface area contributed by atoms with E-state index >= 15 is 0 Å². The van der Waals surface area contributed by atoms with E-state index in [0.29, 0.717) is 24.6 Å². The Balaban J connectivity index is 1.56. The largest absolute Gasteiger partial charge is 0.481 e. The first kappa shape index (κ1) is 19.9. The normalized spacial score (nSPS) is 11.9. The van der Waals surface area contributed by atoms with Crippen LogP contribution in [0.25, 0.3) is 10.9 Å². The predicted octanol–water partition coefficient (Wildman–Crippen LogP) is 2.75. The van der Waals surface area contributed by atoms with Crippen molar-refractivity contribution in [3.8, 4) is 11.5 Å². The molecule has 2 aromatic carbocycles. The van der Waals surface area contributed by atoms with Crippen LogP contribution in [0.3, 0.4) is 0 Å². The highest BCUT2D eigenvalue weighted by atomic mass is 32.2. The Hall–Kier alpha value is -2.84. The molecule has 1 heterocycles. The van der Waals surface area contributed by atoms with Crippen LogP contribution in [0.5, 0.6) is 11.5 Å². The summed E-state index contributed by atoms with van der Waals surface area (Å²) in [5.74, 6) is 0.729. The van der Waals surface area contributed by atoms with Crippen molar-refractivity contribution in [2.45, 2.75) is 13.5 Å². The molecule has 1 N–H and O–H groups in total.